The molecule has 7 heteroatoms. The lowest BCUT2D eigenvalue weighted by atomic mass is 10.1. The van der Waals surface area contributed by atoms with Crippen molar-refractivity contribution in [2.75, 3.05) is 7.11 Å². The summed E-state index contributed by atoms with van der Waals surface area (Å²) in [5.74, 6) is 0.763. The number of para-hydroxylation sites is 1. The van der Waals surface area contributed by atoms with Crippen LogP contribution in [0, 0.1) is 5.82 Å². The van der Waals surface area contributed by atoms with E-state index in [0.29, 0.717) is 33.3 Å². The predicted octanol–water partition coefficient (Wildman–Crippen LogP) is 5.88. The number of nitrogens with one attached hydrogen (secondary N) is 1. The molecule has 5 nitrogen and oxygen atoms in total. The summed E-state index contributed by atoms with van der Waals surface area (Å²) < 4.78 is 21.4. The maximum atomic E-state index is 14.3. The van der Waals surface area contributed by atoms with Crippen LogP contribution in [-0.2, 0) is 12.3 Å². The second kappa shape index (κ2) is 9.57. The maximum Gasteiger partial charge on any atom is 0.278 e. The summed E-state index contributed by atoms with van der Waals surface area (Å²) in [5.41, 5.74) is 4.08. The number of nitrogens with zero attached hydrogens (tertiary/aromatic N) is 2. The molecule has 2 heterocycles. The standard InChI is InChI=1S/C27H22FN3O2S/c1-33-23-14-8-6-11-19(23)16-31-26(32)25-24(21(15-29-25)18-9-3-2-4-10-18)30-27(31)34-17-20-12-5-7-13-22(20)28/h2-15,29H,16-17H2,1H3. The molecule has 0 saturated carbocycles. The average Bonchev–Trinajstić information content (AvgIpc) is 3.30. The number of hydrogen-bond acceptors (Lipinski definition) is 4. The van der Waals surface area contributed by atoms with Gasteiger partial charge in [0, 0.05) is 23.1 Å². The number of aromatic amines is 1. The van der Waals surface area contributed by atoms with Crippen LogP contribution in [0.5, 0.6) is 5.75 Å². The molecular weight excluding hydrogens is 449 g/mol. The summed E-state index contributed by atoms with van der Waals surface area (Å²) in [5, 5.41) is 0.517. The van der Waals surface area contributed by atoms with E-state index in [2.05, 4.69) is 4.98 Å². The minimum atomic E-state index is -0.277. The van der Waals surface area contributed by atoms with E-state index in [9.17, 15) is 9.18 Å². The maximum absolute atomic E-state index is 14.3. The van der Waals surface area contributed by atoms with Crippen LogP contribution in [0.2, 0.25) is 0 Å². The molecule has 0 radical (unpaired) electrons. The zero-order valence-electron chi connectivity index (χ0n) is 18.5. The van der Waals surface area contributed by atoms with Crippen LogP contribution >= 0.6 is 11.8 Å². The fraction of sp³-hybridized carbons (Fsp3) is 0.111. The molecule has 5 rings (SSSR count). The van der Waals surface area contributed by atoms with Crippen LogP contribution in [0.3, 0.4) is 0 Å². The monoisotopic (exact) mass is 471 g/mol. The molecule has 0 fully saturated rings. The Morgan fingerprint density at radius 2 is 1.68 bits per heavy atom. The van der Waals surface area contributed by atoms with Gasteiger partial charge in [-0.1, -0.05) is 78.5 Å². The highest BCUT2D eigenvalue weighted by Crippen LogP contribution is 2.30. The van der Waals surface area contributed by atoms with Gasteiger partial charge in [0.25, 0.3) is 5.56 Å². The van der Waals surface area contributed by atoms with Crippen molar-refractivity contribution >= 4 is 22.8 Å². The highest BCUT2D eigenvalue weighted by Gasteiger charge is 2.18. The first kappa shape index (κ1) is 22.0. The number of methoxy groups -OCH3 is 1. The molecule has 0 spiro atoms. The molecule has 3 aromatic carbocycles. The molecule has 5 aromatic rings. The molecule has 34 heavy (non-hydrogen) atoms. The lowest BCUT2D eigenvalue weighted by molar-refractivity contribution is 0.407. The molecule has 0 aliphatic carbocycles. The van der Waals surface area contributed by atoms with E-state index in [-0.39, 0.29) is 17.9 Å². The van der Waals surface area contributed by atoms with Gasteiger partial charge in [-0.15, -0.1) is 0 Å². The minimum absolute atomic E-state index is 0.186. The Bertz CT molecular complexity index is 1510. The molecule has 0 bridgehead atoms. The number of halogens is 1. The zero-order chi connectivity index (χ0) is 23.5. The third-order valence-corrected chi connectivity index (χ3v) is 6.70. The number of benzene rings is 3. The van der Waals surface area contributed by atoms with Gasteiger partial charge in [0.1, 0.15) is 22.6 Å². The summed E-state index contributed by atoms with van der Waals surface area (Å²) in [6.45, 7) is 0.283. The number of aromatic nitrogens is 3. The first-order valence-corrected chi connectivity index (χ1v) is 11.8. The molecule has 0 unspecified atom stereocenters. The van der Waals surface area contributed by atoms with Crippen molar-refractivity contribution in [2.45, 2.75) is 17.5 Å². The number of H-pyrrole nitrogens is 1. The van der Waals surface area contributed by atoms with Gasteiger partial charge in [-0.05, 0) is 23.3 Å². The second-order valence-corrected chi connectivity index (χ2v) is 8.71. The van der Waals surface area contributed by atoms with Crippen LogP contribution in [0.15, 0.2) is 95.0 Å². The Hall–Kier alpha value is -3.84. The summed E-state index contributed by atoms with van der Waals surface area (Å²) in [6.07, 6.45) is 1.81. The second-order valence-electron chi connectivity index (χ2n) is 7.77. The number of thioether (sulfide) groups is 1. The number of hydrogen-bond donors (Lipinski definition) is 1. The van der Waals surface area contributed by atoms with Gasteiger partial charge in [-0.25, -0.2) is 9.37 Å². The molecule has 0 amide bonds. The molecule has 0 saturated heterocycles. The molecule has 170 valence electrons. The molecule has 2 aromatic heterocycles. The van der Waals surface area contributed by atoms with Crippen molar-refractivity contribution in [3.05, 3.63) is 112 Å². The van der Waals surface area contributed by atoms with Crippen LogP contribution < -0.4 is 10.3 Å². The zero-order valence-corrected chi connectivity index (χ0v) is 19.3. The van der Waals surface area contributed by atoms with E-state index in [4.69, 9.17) is 9.72 Å². The van der Waals surface area contributed by atoms with E-state index in [1.165, 1.54) is 17.8 Å². The van der Waals surface area contributed by atoms with Gasteiger partial charge in [-0.2, -0.15) is 0 Å². The fourth-order valence-electron chi connectivity index (χ4n) is 3.92. The van der Waals surface area contributed by atoms with Gasteiger partial charge in [-0.3, -0.25) is 9.36 Å². The van der Waals surface area contributed by atoms with Crippen molar-refractivity contribution < 1.29 is 9.13 Å². The van der Waals surface area contributed by atoms with Crippen LogP contribution in [0.4, 0.5) is 4.39 Å². The van der Waals surface area contributed by atoms with E-state index >= 15 is 0 Å². The van der Waals surface area contributed by atoms with Gasteiger partial charge < -0.3 is 9.72 Å². The lowest BCUT2D eigenvalue weighted by Gasteiger charge is -2.14. The quantitative estimate of drug-likeness (QED) is 0.238. The Morgan fingerprint density at radius 3 is 2.44 bits per heavy atom. The summed E-state index contributed by atoms with van der Waals surface area (Å²) >= 11 is 1.34. The topological polar surface area (TPSA) is 59.9 Å². The Labute approximate surface area is 200 Å². The van der Waals surface area contributed by atoms with Gasteiger partial charge >= 0.3 is 0 Å². The average molecular weight is 472 g/mol. The SMILES string of the molecule is COc1ccccc1Cn1c(SCc2ccccc2F)nc2c(-c3ccccc3)c[nH]c2c1=O. The molecule has 1 N–H and O–H groups in total. The molecule has 0 atom stereocenters. The summed E-state index contributed by atoms with van der Waals surface area (Å²) in [6, 6.07) is 24.0. The normalized spacial score (nSPS) is 11.1. The highest BCUT2D eigenvalue weighted by atomic mass is 32.2. The molecule has 0 aliphatic rings. The third kappa shape index (κ3) is 4.22. The van der Waals surface area contributed by atoms with Gasteiger partial charge in [0.2, 0.25) is 0 Å². The Morgan fingerprint density at radius 1 is 0.971 bits per heavy atom. The van der Waals surface area contributed by atoms with E-state index in [1.807, 2.05) is 60.8 Å². The minimum Gasteiger partial charge on any atom is -0.496 e. The highest BCUT2D eigenvalue weighted by molar-refractivity contribution is 7.98. The van der Waals surface area contributed by atoms with Crippen molar-refractivity contribution in [2.24, 2.45) is 0 Å². The summed E-state index contributed by atoms with van der Waals surface area (Å²) in [4.78, 5) is 21.7. The van der Waals surface area contributed by atoms with Crippen molar-refractivity contribution in [3.63, 3.8) is 0 Å². The summed E-state index contributed by atoms with van der Waals surface area (Å²) in [7, 11) is 1.61. The Balaban J connectivity index is 1.64. The smallest absolute Gasteiger partial charge is 0.278 e. The first-order chi connectivity index (χ1) is 16.7. The number of fused-ring (bicyclic) bond motifs is 1. The van der Waals surface area contributed by atoms with Gasteiger partial charge in [0.15, 0.2) is 5.16 Å². The number of rotatable bonds is 7. The van der Waals surface area contributed by atoms with Crippen molar-refractivity contribution in [3.8, 4) is 16.9 Å². The number of ether oxygens (including phenoxy) is 1. The predicted molar refractivity (Wildman–Crippen MR) is 134 cm³/mol. The molecule has 0 aliphatic heterocycles. The van der Waals surface area contributed by atoms with Gasteiger partial charge in [0.05, 0.1) is 13.7 Å². The lowest BCUT2D eigenvalue weighted by Crippen LogP contribution is -2.24. The van der Waals surface area contributed by atoms with Crippen LogP contribution in [0.25, 0.3) is 22.2 Å². The Kier molecular flexibility index (Phi) is 6.18. The van der Waals surface area contributed by atoms with Crippen molar-refractivity contribution in [1.82, 2.24) is 14.5 Å². The fourth-order valence-corrected chi connectivity index (χ4v) is 4.90. The van der Waals surface area contributed by atoms with Crippen LogP contribution in [-0.4, -0.2) is 21.6 Å². The largest absolute Gasteiger partial charge is 0.496 e. The van der Waals surface area contributed by atoms with Crippen LogP contribution in [0.1, 0.15) is 11.1 Å². The molecular formula is C27H22FN3O2S. The van der Waals surface area contributed by atoms with E-state index < -0.39 is 0 Å². The first-order valence-electron chi connectivity index (χ1n) is 10.8. The van der Waals surface area contributed by atoms with E-state index in [0.717, 1.165) is 16.7 Å². The third-order valence-electron chi connectivity index (χ3n) is 5.67. The van der Waals surface area contributed by atoms with Crippen molar-refractivity contribution in [1.29, 1.82) is 0 Å². The van der Waals surface area contributed by atoms with E-state index in [1.54, 1.807) is 29.9 Å².